The first-order chi connectivity index (χ1) is 39.0. The summed E-state index contributed by atoms with van der Waals surface area (Å²) in [5.41, 5.74) is 0. The lowest BCUT2D eigenvalue weighted by Gasteiger charge is -2.22. The number of carbonyl (C=O) groups excluding carboxylic acids is 2. The number of hydrogen-bond acceptors (Lipinski definition) is 5. The maximum atomic E-state index is 12.5. The number of aliphatic hydroxyl groups is 2. The van der Waals surface area contributed by atoms with Crippen LogP contribution in [-0.2, 0) is 14.3 Å². The fourth-order valence-corrected chi connectivity index (χ4v) is 12.1. The quantitative estimate of drug-likeness (QED) is 0.0417. The maximum Gasteiger partial charge on any atom is 0.305 e. The molecular weight excluding hydrogens is 971 g/mol. The highest BCUT2D eigenvalue weighted by Gasteiger charge is 2.20. The fourth-order valence-electron chi connectivity index (χ4n) is 12.1. The largest absolute Gasteiger partial charge is 0.466 e. The summed E-state index contributed by atoms with van der Waals surface area (Å²) < 4.78 is 5.49. The molecule has 0 rings (SSSR count). The van der Waals surface area contributed by atoms with E-state index in [1.165, 1.54) is 360 Å². The van der Waals surface area contributed by atoms with Gasteiger partial charge in [-0.3, -0.25) is 9.59 Å². The zero-order valence-electron chi connectivity index (χ0n) is 54.2. The second kappa shape index (κ2) is 69.4. The van der Waals surface area contributed by atoms with Crippen molar-refractivity contribution in [3.05, 3.63) is 0 Å². The van der Waals surface area contributed by atoms with Crippen molar-refractivity contribution >= 4 is 11.9 Å². The van der Waals surface area contributed by atoms with Crippen LogP contribution >= 0.6 is 0 Å². The van der Waals surface area contributed by atoms with E-state index in [1.54, 1.807) is 0 Å². The Hall–Kier alpha value is -1.14. The van der Waals surface area contributed by atoms with E-state index in [9.17, 15) is 19.8 Å². The van der Waals surface area contributed by atoms with Gasteiger partial charge in [0.2, 0.25) is 5.91 Å². The molecule has 79 heavy (non-hydrogen) atoms. The summed E-state index contributed by atoms with van der Waals surface area (Å²) in [4.78, 5) is 24.6. The molecule has 472 valence electrons. The van der Waals surface area contributed by atoms with Gasteiger partial charge in [-0.25, -0.2) is 0 Å². The SMILES string of the molecule is CCCCCCCCCCCCCCCCC(O)C(CO)NC(=O)CCCCCCCCCCCCCCCCCCCCCCCCCCCCCCCCCCCCCOC(=O)CCCCCCCCCCCCCCC. The molecule has 0 aliphatic rings. The lowest BCUT2D eigenvalue weighted by molar-refractivity contribution is -0.143. The lowest BCUT2D eigenvalue weighted by atomic mass is 10.0. The molecule has 0 spiro atoms. The number of ether oxygens (including phenoxy) is 1. The van der Waals surface area contributed by atoms with E-state index in [0.717, 1.165) is 38.5 Å². The van der Waals surface area contributed by atoms with E-state index in [-0.39, 0.29) is 18.5 Å². The van der Waals surface area contributed by atoms with E-state index >= 15 is 0 Å². The van der Waals surface area contributed by atoms with Gasteiger partial charge in [0.15, 0.2) is 0 Å². The molecule has 0 bridgehead atoms. The predicted molar refractivity (Wildman–Crippen MR) is 347 cm³/mol. The second-order valence-corrected chi connectivity index (χ2v) is 25.6. The van der Waals surface area contributed by atoms with E-state index in [0.29, 0.717) is 25.9 Å². The van der Waals surface area contributed by atoms with E-state index < -0.39 is 12.1 Å². The van der Waals surface area contributed by atoms with Gasteiger partial charge in [0, 0.05) is 12.8 Å². The maximum absolute atomic E-state index is 12.5. The molecule has 0 aromatic heterocycles. The topological polar surface area (TPSA) is 95.9 Å². The van der Waals surface area contributed by atoms with Crippen molar-refractivity contribution in [1.29, 1.82) is 0 Å². The smallest absolute Gasteiger partial charge is 0.305 e. The first-order valence-electron chi connectivity index (χ1n) is 36.8. The Labute approximate surface area is 496 Å². The van der Waals surface area contributed by atoms with Crippen molar-refractivity contribution in [2.45, 2.75) is 443 Å². The van der Waals surface area contributed by atoms with E-state index in [2.05, 4.69) is 19.2 Å². The first kappa shape index (κ1) is 77.9. The van der Waals surface area contributed by atoms with Crippen LogP contribution in [0.1, 0.15) is 431 Å². The van der Waals surface area contributed by atoms with Crippen molar-refractivity contribution in [2.24, 2.45) is 0 Å². The minimum Gasteiger partial charge on any atom is -0.466 e. The number of carbonyl (C=O) groups is 2. The van der Waals surface area contributed by atoms with Crippen LogP contribution in [-0.4, -0.2) is 47.4 Å². The Morgan fingerprint density at radius 2 is 0.519 bits per heavy atom. The molecule has 0 aliphatic carbocycles. The number of unbranched alkanes of at least 4 members (excludes halogenated alkanes) is 59. The average Bonchev–Trinajstić information content (AvgIpc) is 3.45. The zero-order chi connectivity index (χ0) is 57.1. The Balaban J connectivity index is 3.28. The highest BCUT2D eigenvalue weighted by atomic mass is 16.5. The molecule has 1 amide bonds. The van der Waals surface area contributed by atoms with Gasteiger partial charge in [-0.1, -0.05) is 393 Å². The molecule has 2 unspecified atom stereocenters. The van der Waals surface area contributed by atoms with Crippen molar-refractivity contribution in [2.75, 3.05) is 13.2 Å². The summed E-state index contributed by atoms with van der Waals surface area (Å²) in [6, 6.07) is -0.536. The molecule has 0 saturated heterocycles. The third-order valence-electron chi connectivity index (χ3n) is 17.7. The van der Waals surface area contributed by atoms with Crippen LogP contribution in [0, 0.1) is 0 Å². The van der Waals surface area contributed by atoms with Crippen LogP contribution < -0.4 is 5.32 Å². The number of esters is 1. The number of hydrogen-bond donors (Lipinski definition) is 3. The van der Waals surface area contributed by atoms with Gasteiger partial charge >= 0.3 is 5.97 Å². The van der Waals surface area contributed by atoms with Crippen molar-refractivity contribution in [3.63, 3.8) is 0 Å². The summed E-state index contributed by atoms with van der Waals surface area (Å²) in [6.07, 6.45) is 84.7. The molecule has 0 saturated carbocycles. The normalized spacial score (nSPS) is 12.4. The van der Waals surface area contributed by atoms with E-state index in [1.807, 2.05) is 0 Å². The summed E-state index contributed by atoms with van der Waals surface area (Å²) in [5, 5.41) is 23.3. The third-order valence-corrected chi connectivity index (χ3v) is 17.7. The van der Waals surface area contributed by atoms with Crippen molar-refractivity contribution in [1.82, 2.24) is 5.32 Å². The van der Waals surface area contributed by atoms with Crippen LogP contribution in [0.5, 0.6) is 0 Å². The average molecular weight is 1120 g/mol. The zero-order valence-corrected chi connectivity index (χ0v) is 54.2. The predicted octanol–water partition coefficient (Wildman–Crippen LogP) is 23.8. The summed E-state index contributed by atoms with van der Waals surface area (Å²) in [7, 11) is 0. The molecule has 3 N–H and O–H groups in total. The second-order valence-electron chi connectivity index (χ2n) is 25.6. The minimum absolute atomic E-state index is 0.0252. The highest BCUT2D eigenvalue weighted by Crippen LogP contribution is 2.20. The van der Waals surface area contributed by atoms with Gasteiger partial charge in [-0.2, -0.15) is 0 Å². The fraction of sp³-hybridized carbons (Fsp3) is 0.973. The molecule has 0 aromatic carbocycles. The van der Waals surface area contributed by atoms with Crippen LogP contribution in [0.4, 0.5) is 0 Å². The number of aliphatic hydroxyl groups excluding tert-OH is 2. The lowest BCUT2D eigenvalue weighted by Crippen LogP contribution is -2.45. The van der Waals surface area contributed by atoms with Gasteiger partial charge < -0.3 is 20.3 Å². The number of nitrogens with one attached hydrogen (secondary N) is 1. The Morgan fingerprint density at radius 3 is 0.772 bits per heavy atom. The van der Waals surface area contributed by atoms with Gasteiger partial charge in [0.05, 0.1) is 25.4 Å². The molecule has 6 nitrogen and oxygen atoms in total. The standard InChI is InChI=1S/C73H145NO5/c1-3-5-7-9-11-13-15-17-42-45-49-53-57-61-65-71(76)70(69-75)74-72(77)66-62-58-54-50-46-43-39-37-35-33-31-29-27-25-23-21-19-18-20-22-24-26-28-30-32-34-36-38-40-44-48-52-56-60-64-68-79-73(78)67-63-59-55-51-47-41-16-14-12-10-8-6-4-2/h70-71,75-76H,3-69H2,1-2H3,(H,74,77). The molecule has 2 atom stereocenters. The van der Waals surface area contributed by atoms with Gasteiger partial charge in [0.25, 0.3) is 0 Å². The Morgan fingerprint density at radius 1 is 0.304 bits per heavy atom. The van der Waals surface area contributed by atoms with Crippen molar-refractivity contribution < 1.29 is 24.5 Å². The van der Waals surface area contributed by atoms with Crippen LogP contribution in [0.2, 0.25) is 0 Å². The molecule has 0 fully saturated rings. The first-order valence-corrected chi connectivity index (χ1v) is 36.8. The summed E-state index contributed by atoms with van der Waals surface area (Å²) in [5.74, 6) is -0.000900. The molecule has 0 aromatic rings. The molecular formula is C73H145NO5. The summed E-state index contributed by atoms with van der Waals surface area (Å²) in [6.45, 7) is 5.00. The molecule has 0 aliphatic heterocycles. The van der Waals surface area contributed by atoms with Crippen molar-refractivity contribution in [3.8, 4) is 0 Å². The third kappa shape index (κ3) is 65.9. The molecule has 6 heteroatoms. The van der Waals surface area contributed by atoms with Gasteiger partial charge in [0.1, 0.15) is 0 Å². The molecule has 0 radical (unpaired) electrons. The van der Waals surface area contributed by atoms with Gasteiger partial charge in [-0.05, 0) is 25.7 Å². The van der Waals surface area contributed by atoms with Crippen LogP contribution in [0.25, 0.3) is 0 Å². The van der Waals surface area contributed by atoms with Crippen LogP contribution in [0.3, 0.4) is 0 Å². The van der Waals surface area contributed by atoms with Crippen LogP contribution in [0.15, 0.2) is 0 Å². The Bertz CT molecular complexity index is 1150. The monoisotopic (exact) mass is 1120 g/mol. The summed E-state index contributed by atoms with van der Waals surface area (Å²) >= 11 is 0. The Kier molecular flexibility index (Phi) is 68.4. The van der Waals surface area contributed by atoms with E-state index in [4.69, 9.17) is 4.74 Å². The van der Waals surface area contributed by atoms with Gasteiger partial charge in [-0.15, -0.1) is 0 Å². The molecule has 0 heterocycles. The highest BCUT2D eigenvalue weighted by molar-refractivity contribution is 5.76. The minimum atomic E-state index is -0.659. The number of amides is 1. The number of rotatable bonds is 70.